The molecule has 1 heterocycles. The molecule has 0 fully saturated rings. The van der Waals surface area contributed by atoms with Gasteiger partial charge in [0.2, 0.25) is 5.91 Å². The van der Waals surface area contributed by atoms with Crippen LogP contribution >= 0.6 is 0 Å². The van der Waals surface area contributed by atoms with Crippen LogP contribution in [0.5, 0.6) is 0 Å². The molecule has 5 heteroatoms. The van der Waals surface area contributed by atoms with E-state index < -0.39 is 6.04 Å². The molecule has 3 rings (SSSR count). The topological polar surface area (TPSA) is 49.4 Å². The number of benzene rings is 2. The molecule has 1 unspecified atom stereocenters. The second kappa shape index (κ2) is 7.05. The third-order valence-electron chi connectivity index (χ3n) is 4.33. The molecular formula is C20H21FN2O2. The summed E-state index contributed by atoms with van der Waals surface area (Å²) in [6.07, 6.45) is 0.562. The van der Waals surface area contributed by atoms with E-state index in [1.165, 1.54) is 24.3 Å². The second-order valence-corrected chi connectivity index (χ2v) is 6.73. The van der Waals surface area contributed by atoms with Crippen LogP contribution in [-0.2, 0) is 11.3 Å². The largest absolute Gasteiger partial charge is 0.324 e. The van der Waals surface area contributed by atoms with E-state index in [9.17, 15) is 14.0 Å². The predicted octanol–water partition coefficient (Wildman–Crippen LogP) is 3.83. The number of carbonyl (C=O) groups excluding carboxylic acids is 2. The van der Waals surface area contributed by atoms with Gasteiger partial charge in [-0.25, -0.2) is 4.39 Å². The molecule has 1 N–H and O–H groups in total. The van der Waals surface area contributed by atoms with Crippen LogP contribution in [0.3, 0.4) is 0 Å². The number of carbonyl (C=O) groups is 2. The van der Waals surface area contributed by atoms with Crippen LogP contribution < -0.4 is 5.32 Å². The van der Waals surface area contributed by atoms with E-state index in [1.807, 2.05) is 32.0 Å². The van der Waals surface area contributed by atoms with Crippen LogP contribution in [0.15, 0.2) is 48.5 Å². The summed E-state index contributed by atoms with van der Waals surface area (Å²) < 4.78 is 13.0. The molecule has 0 radical (unpaired) electrons. The van der Waals surface area contributed by atoms with Crippen molar-refractivity contribution in [2.75, 3.05) is 5.32 Å². The van der Waals surface area contributed by atoms with Gasteiger partial charge in [0.25, 0.3) is 5.91 Å². The summed E-state index contributed by atoms with van der Waals surface area (Å²) in [4.78, 5) is 27.2. The van der Waals surface area contributed by atoms with Gasteiger partial charge in [-0.05, 0) is 48.2 Å². The van der Waals surface area contributed by atoms with Crippen molar-refractivity contribution in [3.8, 4) is 0 Å². The smallest absolute Gasteiger partial charge is 0.255 e. The van der Waals surface area contributed by atoms with Gasteiger partial charge in [-0.15, -0.1) is 0 Å². The molecule has 1 aliphatic rings. The van der Waals surface area contributed by atoms with E-state index in [1.54, 1.807) is 11.0 Å². The monoisotopic (exact) mass is 340 g/mol. The molecule has 2 aromatic rings. The average Bonchev–Trinajstić information content (AvgIpc) is 2.91. The first kappa shape index (κ1) is 17.1. The minimum absolute atomic E-state index is 0.115. The Balaban J connectivity index is 1.81. The average molecular weight is 340 g/mol. The van der Waals surface area contributed by atoms with Gasteiger partial charge in [-0.3, -0.25) is 9.59 Å². The molecule has 0 saturated heterocycles. The predicted molar refractivity (Wildman–Crippen MR) is 94.6 cm³/mol. The number of anilines is 1. The Labute approximate surface area is 146 Å². The van der Waals surface area contributed by atoms with Crippen molar-refractivity contribution in [1.82, 2.24) is 4.90 Å². The minimum atomic E-state index is -0.565. The van der Waals surface area contributed by atoms with Crippen LogP contribution in [0, 0.1) is 11.7 Å². The molecule has 0 aliphatic carbocycles. The molecule has 2 aromatic carbocycles. The van der Waals surface area contributed by atoms with Gasteiger partial charge in [0.05, 0.1) is 0 Å². The van der Waals surface area contributed by atoms with Crippen molar-refractivity contribution in [2.24, 2.45) is 5.92 Å². The van der Waals surface area contributed by atoms with E-state index in [0.29, 0.717) is 24.2 Å². The molecule has 0 aromatic heterocycles. The highest BCUT2D eigenvalue weighted by atomic mass is 19.1. The lowest BCUT2D eigenvalue weighted by atomic mass is 10.0. The van der Waals surface area contributed by atoms with Crippen LogP contribution in [0.25, 0.3) is 0 Å². The Morgan fingerprint density at radius 1 is 1.16 bits per heavy atom. The summed E-state index contributed by atoms with van der Waals surface area (Å²) in [6, 6.07) is 12.5. The molecule has 1 atom stereocenters. The van der Waals surface area contributed by atoms with Gasteiger partial charge in [-0.1, -0.05) is 32.0 Å². The first-order valence-corrected chi connectivity index (χ1v) is 8.41. The van der Waals surface area contributed by atoms with Gasteiger partial charge in [0, 0.05) is 17.8 Å². The quantitative estimate of drug-likeness (QED) is 0.899. The number of hydrogen-bond acceptors (Lipinski definition) is 2. The summed E-state index contributed by atoms with van der Waals surface area (Å²) in [5.74, 6) is -0.473. The number of nitrogens with zero attached hydrogens (tertiary/aromatic N) is 1. The second-order valence-electron chi connectivity index (χ2n) is 6.73. The highest BCUT2D eigenvalue weighted by Crippen LogP contribution is 2.27. The van der Waals surface area contributed by atoms with Crippen molar-refractivity contribution in [3.63, 3.8) is 0 Å². The molecule has 1 aliphatic heterocycles. The Bertz CT molecular complexity index is 787. The van der Waals surface area contributed by atoms with Crippen LogP contribution in [0.2, 0.25) is 0 Å². The van der Waals surface area contributed by atoms with E-state index in [0.717, 1.165) is 5.56 Å². The molecule has 0 bridgehead atoms. The number of hydrogen-bond donors (Lipinski definition) is 1. The summed E-state index contributed by atoms with van der Waals surface area (Å²) in [5.41, 5.74) is 2.12. The number of fused-ring (bicyclic) bond motifs is 1. The van der Waals surface area contributed by atoms with Crippen molar-refractivity contribution >= 4 is 17.5 Å². The van der Waals surface area contributed by atoms with Crippen molar-refractivity contribution in [3.05, 3.63) is 65.5 Å². The zero-order valence-electron chi connectivity index (χ0n) is 14.3. The maximum absolute atomic E-state index is 13.0. The van der Waals surface area contributed by atoms with Gasteiger partial charge >= 0.3 is 0 Å². The molecule has 25 heavy (non-hydrogen) atoms. The van der Waals surface area contributed by atoms with Crippen LogP contribution in [0.4, 0.5) is 10.1 Å². The zero-order chi connectivity index (χ0) is 18.0. The Morgan fingerprint density at radius 3 is 2.48 bits per heavy atom. The summed E-state index contributed by atoms with van der Waals surface area (Å²) in [5, 5.41) is 2.80. The minimum Gasteiger partial charge on any atom is -0.324 e. The number of halogens is 1. The van der Waals surface area contributed by atoms with Crippen LogP contribution in [-0.4, -0.2) is 22.8 Å². The Kier molecular flexibility index (Phi) is 4.83. The zero-order valence-corrected chi connectivity index (χ0v) is 14.3. The van der Waals surface area contributed by atoms with Crippen molar-refractivity contribution < 1.29 is 14.0 Å². The molecule has 2 amide bonds. The number of amides is 2. The van der Waals surface area contributed by atoms with E-state index in [-0.39, 0.29) is 23.5 Å². The first-order chi connectivity index (χ1) is 12.0. The lowest BCUT2D eigenvalue weighted by Gasteiger charge is -2.28. The molecule has 4 nitrogen and oxygen atoms in total. The van der Waals surface area contributed by atoms with E-state index in [4.69, 9.17) is 0 Å². The number of nitrogens with one attached hydrogen (secondary N) is 1. The Hall–Kier alpha value is -2.69. The molecule has 0 spiro atoms. The third-order valence-corrected chi connectivity index (χ3v) is 4.33. The summed E-state index contributed by atoms with van der Waals surface area (Å²) in [7, 11) is 0. The SMILES string of the molecule is CC(C)CC(C(=O)Nc1ccc(F)cc1)N1Cc2ccccc2C1=O. The maximum Gasteiger partial charge on any atom is 0.255 e. The van der Waals surface area contributed by atoms with Gasteiger partial charge < -0.3 is 10.2 Å². The van der Waals surface area contributed by atoms with Crippen molar-refractivity contribution in [1.29, 1.82) is 0 Å². The van der Waals surface area contributed by atoms with Gasteiger partial charge in [0.15, 0.2) is 0 Å². The highest BCUT2D eigenvalue weighted by Gasteiger charge is 2.36. The normalized spacial score (nSPS) is 14.6. The fraction of sp³-hybridized carbons (Fsp3) is 0.300. The summed E-state index contributed by atoms with van der Waals surface area (Å²) >= 11 is 0. The van der Waals surface area contributed by atoms with Crippen molar-refractivity contribution in [2.45, 2.75) is 32.9 Å². The third kappa shape index (κ3) is 3.71. The highest BCUT2D eigenvalue weighted by molar-refractivity contribution is 6.03. The Morgan fingerprint density at radius 2 is 1.84 bits per heavy atom. The number of rotatable bonds is 5. The van der Waals surface area contributed by atoms with Gasteiger partial charge in [0.1, 0.15) is 11.9 Å². The fourth-order valence-corrected chi connectivity index (χ4v) is 3.11. The molecule has 0 saturated carbocycles. The molecule has 130 valence electrons. The van der Waals surface area contributed by atoms with E-state index >= 15 is 0 Å². The van der Waals surface area contributed by atoms with Gasteiger partial charge in [-0.2, -0.15) is 0 Å². The van der Waals surface area contributed by atoms with E-state index in [2.05, 4.69) is 5.32 Å². The first-order valence-electron chi connectivity index (χ1n) is 8.41. The fourth-order valence-electron chi connectivity index (χ4n) is 3.11. The summed E-state index contributed by atoms with van der Waals surface area (Å²) in [6.45, 7) is 4.47. The molecular weight excluding hydrogens is 319 g/mol. The standard InChI is InChI=1S/C20H21FN2O2/c1-13(2)11-18(19(24)22-16-9-7-15(21)8-10-16)23-12-14-5-3-4-6-17(14)20(23)25/h3-10,13,18H,11-12H2,1-2H3,(H,22,24). The van der Waals surface area contributed by atoms with Crippen LogP contribution in [0.1, 0.15) is 36.2 Å². The maximum atomic E-state index is 13.0. The lowest BCUT2D eigenvalue weighted by molar-refractivity contribution is -0.121. The lowest BCUT2D eigenvalue weighted by Crippen LogP contribution is -2.45.